The van der Waals surface area contributed by atoms with Crippen LogP contribution in [0.15, 0.2) is 0 Å². The summed E-state index contributed by atoms with van der Waals surface area (Å²) in [7, 11) is 0. The molecule has 18 N–H and O–H groups in total. The fraction of sp³-hybridized carbons (Fsp3) is 0.879. The summed E-state index contributed by atoms with van der Waals surface area (Å²) in [5.41, 5.74) is 0. The SMILES string of the molecule is CC(=O)N[C@H]1[C@H](O[C@H]2[C@@H](O)[C@@H](CO)O[C@@H](O[C@@H]([C@@H](O)[C@H](O)CO[C@]3(C(=O)O)C[C@H](O)[C@@H](NC(=O)CO)[C@H]([C@H](O)[C@H](O)CO)O3)[C@H](CO)NC(C)=O)[C@@H]2O)O[C@H](CO)[C@@H](O)[C@@H]1O. The van der Waals surface area contributed by atoms with Gasteiger partial charge >= 0.3 is 5.97 Å². The van der Waals surface area contributed by atoms with Gasteiger partial charge in [-0.1, -0.05) is 0 Å². The van der Waals surface area contributed by atoms with Crippen molar-refractivity contribution in [2.45, 2.75) is 142 Å². The molecule has 0 aromatic rings. The van der Waals surface area contributed by atoms with Gasteiger partial charge in [0, 0.05) is 20.3 Å². The van der Waals surface area contributed by atoms with Crippen LogP contribution in [-0.4, -0.2) is 262 Å². The minimum Gasteiger partial charge on any atom is -0.477 e. The minimum atomic E-state index is -3.06. The second kappa shape index (κ2) is 23.1. The van der Waals surface area contributed by atoms with Gasteiger partial charge in [-0.2, -0.15) is 0 Å². The summed E-state index contributed by atoms with van der Waals surface area (Å²) in [6.45, 7) is -4.54. The summed E-state index contributed by atoms with van der Waals surface area (Å²) in [4.78, 5) is 48.6. The van der Waals surface area contributed by atoms with Crippen LogP contribution in [0.1, 0.15) is 20.3 Å². The first-order valence-electron chi connectivity index (χ1n) is 18.8. The molecular weight excluding hydrogens is 838 g/mol. The summed E-state index contributed by atoms with van der Waals surface area (Å²) in [5.74, 6) is -7.84. The number of nitrogens with one attached hydrogen (secondary N) is 3. The number of aliphatic carboxylic acids is 1. The number of aliphatic hydroxyl groups excluding tert-OH is 14. The molecule has 28 nitrogen and oxygen atoms in total. The van der Waals surface area contributed by atoms with Gasteiger partial charge in [0.25, 0.3) is 5.79 Å². The van der Waals surface area contributed by atoms with Gasteiger partial charge in [0.2, 0.25) is 17.7 Å². The molecule has 0 bridgehead atoms. The van der Waals surface area contributed by atoms with Gasteiger partial charge in [0.05, 0.1) is 51.2 Å². The molecule has 3 heterocycles. The standard InChI is InChI=1S/C33H57N3O25/c1-10(42)34-12(4-37)27(22(49)15(46)9-56-33(32(54)55)3-13(44)19(36-18(47)8-41)28(61-33)21(48)14(45)5-38)59-31-26(53)29(24(51)17(7-40)58-31)60-30-20(35-11(2)43)25(52)23(50)16(6-39)57-30/h12-17,19-31,37-41,44-46,48-53H,3-9H2,1-2H3,(H,34,42)(H,35,43)(H,36,47)(H,54,55)/t12-,13-,14+,15+,16+,17+,19+,20+,21+,22-,23+,24-,25+,26+,27+,28+,29-,30-,31-,33+/m0/s1. The van der Waals surface area contributed by atoms with Crippen molar-refractivity contribution in [1.82, 2.24) is 16.0 Å². The predicted octanol–water partition coefficient (Wildman–Crippen LogP) is -11.5. The van der Waals surface area contributed by atoms with Crippen molar-refractivity contribution < 1.29 is 124 Å². The Bertz CT molecular complexity index is 1440. The first-order chi connectivity index (χ1) is 28.6. The molecule has 3 aliphatic rings. The van der Waals surface area contributed by atoms with E-state index in [1.807, 2.05) is 0 Å². The van der Waals surface area contributed by atoms with Crippen LogP contribution in [-0.2, 0) is 47.6 Å². The maximum Gasteiger partial charge on any atom is 0.364 e. The summed E-state index contributed by atoms with van der Waals surface area (Å²) in [6, 6.07) is -5.05. The Balaban J connectivity index is 1.94. The average Bonchev–Trinajstić information content (AvgIpc) is 3.22. The molecule has 0 spiro atoms. The highest BCUT2D eigenvalue weighted by atomic mass is 16.7. The lowest BCUT2D eigenvalue weighted by atomic mass is 9.88. The van der Waals surface area contributed by atoms with Crippen LogP contribution < -0.4 is 16.0 Å². The molecule has 3 saturated heterocycles. The maximum atomic E-state index is 12.6. The van der Waals surface area contributed by atoms with Crippen LogP contribution in [0.3, 0.4) is 0 Å². The Kier molecular flexibility index (Phi) is 19.9. The van der Waals surface area contributed by atoms with Crippen LogP contribution in [0.2, 0.25) is 0 Å². The zero-order chi connectivity index (χ0) is 46.1. The molecule has 20 atom stereocenters. The second-order valence-electron chi connectivity index (χ2n) is 14.6. The Labute approximate surface area is 345 Å². The summed E-state index contributed by atoms with van der Waals surface area (Å²) in [5, 5.41) is 163. The largest absolute Gasteiger partial charge is 0.477 e. The lowest BCUT2D eigenvalue weighted by Gasteiger charge is -2.48. The lowest BCUT2D eigenvalue weighted by Crippen LogP contribution is -2.68. The number of rotatable bonds is 21. The highest BCUT2D eigenvalue weighted by Crippen LogP contribution is 2.35. The quantitative estimate of drug-likeness (QED) is 0.0509. The van der Waals surface area contributed by atoms with Gasteiger partial charge in [-0.25, -0.2) is 4.79 Å². The van der Waals surface area contributed by atoms with Gasteiger partial charge in [0.1, 0.15) is 92.0 Å². The van der Waals surface area contributed by atoms with Gasteiger partial charge < -0.3 is 121 Å². The number of carboxylic acids is 1. The molecule has 3 fully saturated rings. The van der Waals surface area contributed by atoms with Crippen LogP contribution in [0.25, 0.3) is 0 Å². The van der Waals surface area contributed by atoms with Gasteiger partial charge in [0.15, 0.2) is 12.6 Å². The van der Waals surface area contributed by atoms with Crippen LogP contribution in [0, 0.1) is 0 Å². The molecule has 3 aliphatic heterocycles. The van der Waals surface area contributed by atoms with Crippen molar-refractivity contribution in [2.75, 3.05) is 39.6 Å². The Morgan fingerprint density at radius 2 is 1.36 bits per heavy atom. The van der Waals surface area contributed by atoms with E-state index in [0.717, 1.165) is 13.8 Å². The van der Waals surface area contributed by atoms with Crippen molar-refractivity contribution in [3.8, 4) is 0 Å². The second-order valence-corrected chi connectivity index (χ2v) is 14.6. The maximum absolute atomic E-state index is 12.6. The number of hydrogen-bond donors (Lipinski definition) is 18. The normalized spacial score (nSPS) is 37.3. The molecule has 0 unspecified atom stereocenters. The fourth-order valence-electron chi connectivity index (χ4n) is 6.94. The molecule has 0 aliphatic carbocycles. The number of carbonyl (C=O) groups excluding carboxylic acids is 3. The van der Waals surface area contributed by atoms with Crippen LogP contribution in [0.5, 0.6) is 0 Å². The van der Waals surface area contributed by atoms with E-state index in [4.69, 9.17) is 28.4 Å². The smallest absolute Gasteiger partial charge is 0.364 e. The van der Waals surface area contributed by atoms with E-state index in [1.54, 1.807) is 0 Å². The number of carboxylic acid groups (broad SMARTS) is 1. The number of ether oxygens (including phenoxy) is 6. The Hall–Kier alpha value is -2.92. The highest BCUT2D eigenvalue weighted by molar-refractivity contribution is 5.78. The van der Waals surface area contributed by atoms with E-state index in [-0.39, 0.29) is 0 Å². The van der Waals surface area contributed by atoms with Gasteiger partial charge in [-0.15, -0.1) is 0 Å². The van der Waals surface area contributed by atoms with Crippen LogP contribution in [0.4, 0.5) is 0 Å². The molecule has 61 heavy (non-hydrogen) atoms. The lowest BCUT2D eigenvalue weighted by molar-refractivity contribution is -0.358. The molecular formula is C33H57N3O25. The molecule has 354 valence electrons. The van der Waals surface area contributed by atoms with Crippen LogP contribution >= 0.6 is 0 Å². The van der Waals surface area contributed by atoms with E-state index in [1.165, 1.54) is 0 Å². The topological polar surface area (TPSA) is 463 Å². The van der Waals surface area contributed by atoms with Gasteiger partial charge in [-0.3, -0.25) is 14.4 Å². The zero-order valence-corrected chi connectivity index (χ0v) is 32.7. The first-order valence-corrected chi connectivity index (χ1v) is 18.8. The monoisotopic (exact) mass is 895 g/mol. The van der Waals surface area contributed by atoms with Crippen molar-refractivity contribution in [3.63, 3.8) is 0 Å². The molecule has 0 radical (unpaired) electrons. The third-order valence-corrected chi connectivity index (χ3v) is 10.1. The van der Waals surface area contributed by atoms with E-state index >= 15 is 0 Å². The number of carbonyl (C=O) groups is 4. The average molecular weight is 896 g/mol. The van der Waals surface area contributed by atoms with E-state index in [9.17, 15) is 95.8 Å². The molecule has 3 amide bonds. The fourth-order valence-corrected chi connectivity index (χ4v) is 6.94. The van der Waals surface area contributed by atoms with Crippen molar-refractivity contribution in [3.05, 3.63) is 0 Å². The third-order valence-electron chi connectivity index (χ3n) is 10.1. The number of hydrogen-bond acceptors (Lipinski definition) is 24. The van der Waals surface area contributed by atoms with E-state index in [0.29, 0.717) is 0 Å². The Morgan fingerprint density at radius 3 is 1.89 bits per heavy atom. The van der Waals surface area contributed by atoms with Crippen molar-refractivity contribution in [1.29, 1.82) is 0 Å². The predicted molar refractivity (Wildman–Crippen MR) is 190 cm³/mol. The highest BCUT2D eigenvalue weighted by Gasteiger charge is 2.57. The molecule has 0 aromatic carbocycles. The molecule has 28 heteroatoms. The molecule has 0 saturated carbocycles. The van der Waals surface area contributed by atoms with E-state index in [2.05, 4.69) is 16.0 Å². The van der Waals surface area contributed by atoms with E-state index < -0.39 is 192 Å². The Morgan fingerprint density at radius 1 is 0.754 bits per heavy atom. The molecule has 3 rings (SSSR count). The summed E-state index contributed by atoms with van der Waals surface area (Å²) in [6.07, 6.45) is -33.3. The van der Waals surface area contributed by atoms with Gasteiger partial charge in [-0.05, 0) is 0 Å². The first kappa shape index (κ1) is 52.4. The number of aliphatic hydroxyl groups is 14. The third kappa shape index (κ3) is 12.6. The summed E-state index contributed by atoms with van der Waals surface area (Å²) < 4.78 is 33.3. The summed E-state index contributed by atoms with van der Waals surface area (Å²) >= 11 is 0. The number of amides is 3. The minimum absolute atomic E-state index is 0.764. The zero-order valence-electron chi connectivity index (χ0n) is 32.7. The van der Waals surface area contributed by atoms with Crippen molar-refractivity contribution >= 4 is 23.7 Å². The van der Waals surface area contributed by atoms with Crippen molar-refractivity contribution in [2.24, 2.45) is 0 Å². The molecule has 0 aromatic heterocycles.